The first kappa shape index (κ1) is 15.1. The van der Waals surface area contributed by atoms with E-state index in [1.807, 2.05) is 12.1 Å². The fourth-order valence-electron chi connectivity index (χ4n) is 2.84. The summed E-state index contributed by atoms with van der Waals surface area (Å²) in [6.07, 6.45) is 2.21. The zero-order valence-electron chi connectivity index (χ0n) is 12.4. The second-order valence-corrected chi connectivity index (χ2v) is 7.20. The van der Waals surface area contributed by atoms with Crippen molar-refractivity contribution in [3.63, 3.8) is 0 Å². The lowest BCUT2D eigenvalue weighted by Gasteiger charge is -2.31. The van der Waals surface area contributed by atoms with Gasteiger partial charge in [0.05, 0.1) is 4.90 Å². The van der Waals surface area contributed by atoms with Gasteiger partial charge in [-0.1, -0.05) is 36.4 Å². The average Bonchev–Trinajstić information content (AvgIpc) is 2.56. The van der Waals surface area contributed by atoms with Gasteiger partial charge in [0.2, 0.25) is 10.0 Å². The lowest BCUT2D eigenvalue weighted by Crippen LogP contribution is -2.37. The number of nitrogens with one attached hydrogen (secondary N) is 1. The minimum absolute atomic E-state index is 0.314. The molecule has 0 spiro atoms. The van der Waals surface area contributed by atoms with Crippen LogP contribution in [0.3, 0.4) is 0 Å². The van der Waals surface area contributed by atoms with Crippen molar-refractivity contribution in [2.45, 2.75) is 17.7 Å². The Morgan fingerprint density at radius 2 is 1.73 bits per heavy atom. The van der Waals surface area contributed by atoms with Crippen LogP contribution in [0, 0.1) is 0 Å². The Kier molecular flexibility index (Phi) is 4.45. The molecule has 0 bridgehead atoms. The lowest BCUT2D eigenvalue weighted by molar-refractivity contribution is 0.579. The first-order valence-electron chi connectivity index (χ1n) is 7.54. The van der Waals surface area contributed by atoms with Gasteiger partial charge in [0.25, 0.3) is 0 Å². The van der Waals surface area contributed by atoms with Crippen molar-refractivity contribution >= 4 is 15.7 Å². The monoisotopic (exact) mass is 316 g/mol. The van der Waals surface area contributed by atoms with E-state index in [0.29, 0.717) is 18.0 Å². The minimum Gasteiger partial charge on any atom is -0.370 e. The normalized spacial score (nSPS) is 14.6. The van der Waals surface area contributed by atoms with Gasteiger partial charge in [-0.05, 0) is 36.6 Å². The van der Waals surface area contributed by atoms with Gasteiger partial charge in [-0.3, -0.25) is 0 Å². The number of fused-ring (bicyclic) bond motifs is 1. The number of benzene rings is 2. The van der Waals surface area contributed by atoms with E-state index < -0.39 is 10.0 Å². The fraction of sp³-hybridized carbons (Fsp3) is 0.294. The Bertz CT molecular complexity index is 729. The largest absolute Gasteiger partial charge is 0.370 e. The van der Waals surface area contributed by atoms with Crippen molar-refractivity contribution in [2.24, 2.45) is 0 Å². The maximum atomic E-state index is 12.2. The van der Waals surface area contributed by atoms with E-state index in [4.69, 9.17) is 0 Å². The van der Waals surface area contributed by atoms with Gasteiger partial charge >= 0.3 is 0 Å². The van der Waals surface area contributed by atoms with Crippen LogP contribution in [0.4, 0.5) is 5.69 Å². The maximum absolute atomic E-state index is 12.2. The zero-order valence-corrected chi connectivity index (χ0v) is 13.2. The molecule has 116 valence electrons. The SMILES string of the molecule is O=S(=O)(NCCN1CCCc2ccccc21)c1ccccc1. The average molecular weight is 316 g/mol. The summed E-state index contributed by atoms with van der Waals surface area (Å²) in [5, 5.41) is 0. The standard InChI is InChI=1S/C17H20N2O2S/c20-22(21,16-9-2-1-3-10-16)18-12-14-19-13-6-8-15-7-4-5-11-17(15)19/h1-5,7,9-11,18H,6,8,12-14H2. The number of aryl methyl sites for hydroxylation is 1. The zero-order chi connectivity index (χ0) is 15.4. The number of hydrogen-bond donors (Lipinski definition) is 1. The molecular formula is C17H20N2O2S. The third-order valence-electron chi connectivity index (χ3n) is 3.93. The predicted octanol–water partition coefficient (Wildman–Crippen LogP) is 2.42. The van der Waals surface area contributed by atoms with Crippen molar-refractivity contribution in [2.75, 3.05) is 24.5 Å². The predicted molar refractivity (Wildman–Crippen MR) is 88.6 cm³/mol. The molecule has 0 aliphatic carbocycles. The van der Waals surface area contributed by atoms with Crippen molar-refractivity contribution in [3.05, 3.63) is 60.2 Å². The van der Waals surface area contributed by atoms with Gasteiger partial charge in [-0.15, -0.1) is 0 Å². The third-order valence-corrected chi connectivity index (χ3v) is 5.41. The molecule has 5 heteroatoms. The summed E-state index contributed by atoms with van der Waals surface area (Å²) >= 11 is 0. The minimum atomic E-state index is -3.42. The molecule has 0 fully saturated rings. The summed E-state index contributed by atoms with van der Waals surface area (Å²) in [6.45, 7) is 2.07. The molecule has 2 aromatic rings. The molecule has 0 unspecified atom stereocenters. The summed E-state index contributed by atoms with van der Waals surface area (Å²) < 4.78 is 27.1. The molecule has 0 radical (unpaired) electrons. The van der Waals surface area contributed by atoms with Gasteiger partial charge in [0, 0.05) is 25.3 Å². The van der Waals surface area contributed by atoms with Gasteiger partial charge in [0.15, 0.2) is 0 Å². The molecule has 0 aromatic heterocycles. The Hall–Kier alpha value is -1.85. The summed E-state index contributed by atoms with van der Waals surface area (Å²) in [4.78, 5) is 2.57. The highest BCUT2D eigenvalue weighted by molar-refractivity contribution is 7.89. The van der Waals surface area contributed by atoms with Crippen LogP contribution in [0.5, 0.6) is 0 Å². The van der Waals surface area contributed by atoms with E-state index in [2.05, 4.69) is 27.8 Å². The van der Waals surface area contributed by atoms with E-state index in [0.717, 1.165) is 19.4 Å². The third kappa shape index (κ3) is 3.31. The molecule has 0 amide bonds. The second-order valence-electron chi connectivity index (χ2n) is 5.43. The van der Waals surface area contributed by atoms with Gasteiger partial charge in [0.1, 0.15) is 0 Å². The molecule has 1 N–H and O–H groups in total. The van der Waals surface area contributed by atoms with Crippen molar-refractivity contribution in [1.82, 2.24) is 4.72 Å². The van der Waals surface area contributed by atoms with E-state index in [-0.39, 0.29) is 0 Å². The molecule has 3 rings (SSSR count). The van der Waals surface area contributed by atoms with E-state index in [1.54, 1.807) is 24.3 Å². The molecule has 22 heavy (non-hydrogen) atoms. The lowest BCUT2D eigenvalue weighted by atomic mass is 10.0. The highest BCUT2D eigenvalue weighted by atomic mass is 32.2. The second kappa shape index (κ2) is 6.50. The molecule has 2 aromatic carbocycles. The highest BCUT2D eigenvalue weighted by Crippen LogP contribution is 2.26. The van der Waals surface area contributed by atoms with E-state index in [9.17, 15) is 8.42 Å². The topological polar surface area (TPSA) is 49.4 Å². The van der Waals surface area contributed by atoms with E-state index in [1.165, 1.54) is 11.3 Å². The molecule has 1 aliphatic rings. The highest BCUT2D eigenvalue weighted by Gasteiger charge is 2.17. The van der Waals surface area contributed by atoms with Crippen LogP contribution in [-0.4, -0.2) is 28.1 Å². The first-order valence-corrected chi connectivity index (χ1v) is 9.03. The molecule has 0 saturated heterocycles. The van der Waals surface area contributed by atoms with Crippen molar-refractivity contribution in [1.29, 1.82) is 0 Å². The Labute approximate surface area is 131 Å². The Morgan fingerprint density at radius 1 is 1.00 bits per heavy atom. The van der Waals surface area contributed by atoms with Crippen LogP contribution in [0.25, 0.3) is 0 Å². The summed E-state index contributed by atoms with van der Waals surface area (Å²) in [6, 6.07) is 16.8. The summed E-state index contributed by atoms with van der Waals surface area (Å²) in [5.74, 6) is 0. The smallest absolute Gasteiger partial charge is 0.240 e. The number of nitrogens with zero attached hydrogens (tertiary/aromatic N) is 1. The molecule has 1 aliphatic heterocycles. The van der Waals surface area contributed by atoms with Crippen LogP contribution in [-0.2, 0) is 16.4 Å². The van der Waals surface area contributed by atoms with Crippen molar-refractivity contribution in [3.8, 4) is 0 Å². The quantitative estimate of drug-likeness (QED) is 0.921. The van der Waals surface area contributed by atoms with Crippen LogP contribution in [0.1, 0.15) is 12.0 Å². The van der Waals surface area contributed by atoms with Gasteiger partial charge in [-0.25, -0.2) is 13.1 Å². The summed E-state index contributed by atoms with van der Waals surface area (Å²) in [7, 11) is -3.42. The Balaban J connectivity index is 1.63. The van der Waals surface area contributed by atoms with Gasteiger partial charge in [-0.2, -0.15) is 0 Å². The van der Waals surface area contributed by atoms with Crippen LogP contribution < -0.4 is 9.62 Å². The molecule has 1 heterocycles. The number of para-hydroxylation sites is 1. The van der Waals surface area contributed by atoms with Crippen LogP contribution >= 0.6 is 0 Å². The Morgan fingerprint density at radius 3 is 2.55 bits per heavy atom. The number of anilines is 1. The van der Waals surface area contributed by atoms with Crippen molar-refractivity contribution < 1.29 is 8.42 Å². The molecule has 0 atom stereocenters. The number of sulfonamides is 1. The van der Waals surface area contributed by atoms with E-state index >= 15 is 0 Å². The molecular weight excluding hydrogens is 296 g/mol. The van der Waals surface area contributed by atoms with Crippen LogP contribution in [0.2, 0.25) is 0 Å². The first-order chi connectivity index (χ1) is 10.7. The van der Waals surface area contributed by atoms with Crippen LogP contribution in [0.15, 0.2) is 59.5 Å². The van der Waals surface area contributed by atoms with Gasteiger partial charge < -0.3 is 4.90 Å². The maximum Gasteiger partial charge on any atom is 0.240 e. The number of hydrogen-bond acceptors (Lipinski definition) is 3. The molecule has 0 saturated carbocycles. The fourth-order valence-corrected chi connectivity index (χ4v) is 3.88. The number of rotatable bonds is 5. The summed E-state index contributed by atoms with van der Waals surface area (Å²) in [5.41, 5.74) is 2.58. The molecule has 4 nitrogen and oxygen atoms in total.